The van der Waals surface area contributed by atoms with Crippen LogP contribution in [-0.2, 0) is 6.54 Å². The summed E-state index contributed by atoms with van der Waals surface area (Å²) in [5.41, 5.74) is 1.40. The Hall–Kier alpha value is -0.253. The molecule has 114 valence electrons. The molecule has 3 heteroatoms. The molecule has 0 spiro atoms. The van der Waals surface area contributed by atoms with Crippen molar-refractivity contribution in [1.82, 2.24) is 5.32 Å². The lowest BCUT2D eigenvalue weighted by Crippen LogP contribution is -2.38. The summed E-state index contributed by atoms with van der Waals surface area (Å²) in [4.78, 5) is 0. The summed E-state index contributed by atoms with van der Waals surface area (Å²) < 4.78 is 0.401. The Morgan fingerprint density at radius 2 is 1.60 bits per heavy atom. The van der Waals surface area contributed by atoms with E-state index >= 15 is 0 Å². The molecule has 1 nitrogen and oxygen atoms in total. The maximum Gasteiger partial charge on any atom is 0.0775 e. The second-order valence-electron chi connectivity index (χ2n) is 6.64. The average Bonchev–Trinajstić information content (AvgIpc) is 2.44. The topological polar surface area (TPSA) is 12.0 Å². The third-order valence-electron chi connectivity index (χ3n) is 4.32. The zero-order chi connectivity index (χ0) is 15.2. The van der Waals surface area contributed by atoms with E-state index < -0.39 is 8.07 Å². The first-order chi connectivity index (χ1) is 9.37. The zero-order valence-electron chi connectivity index (χ0n) is 14.0. The third kappa shape index (κ3) is 4.94. The Kier molecular flexibility index (Phi) is 6.82. The molecule has 0 heterocycles. The molecular formula is C17H31NSSi. The highest BCUT2D eigenvalue weighted by molar-refractivity contribution is 8.00. The van der Waals surface area contributed by atoms with E-state index in [9.17, 15) is 0 Å². The van der Waals surface area contributed by atoms with Crippen LogP contribution in [0.4, 0.5) is 0 Å². The Balaban J connectivity index is 2.54. The summed E-state index contributed by atoms with van der Waals surface area (Å²) in [6, 6.07) is 9.23. The molecule has 0 amide bonds. The second kappa shape index (κ2) is 7.67. The van der Waals surface area contributed by atoms with Gasteiger partial charge in [-0.3, -0.25) is 0 Å². The predicted octanol–water partition coefficient (Wildman–Crippen LogP) is 4.24. The van der Waals surface area contributed by atoms with Crippen molar-refractivity contribution in [2.45, 2.75) is 57.6 Å². The van der Waals surface area contributed by atoms with E-state index in [0.29, 0.717) is 4.75 Å². The quantitative estimate of drug-likeness (QED) is 0.721. The van der Waals surface area contributed by atoms with Gasteiger partial charge in [-0.05, 0) is 24.7 Å². The molecule has 0 bridgehead atoms. The lowest BCUT2D eigenvalue weighted by Gasteiger charge is -2.30. The van der Waals surface area contributed by atoms with E-state index in [1.165, 1.54) is 18.4 Å². The molecule has 0 aliphatic heterocycles. The highest BCUT2D eigenvalue weighted by Gasteiger charge is 2.24. The number of hydrogen-bond donors (Lipinski definition) is 1. The lowest BCUT2D eigenvalue weighted by atomic mass is 10.0. The van der Waals surface area contributed by atoms with Crippen LogP contribution in [0.3, 0.4) is 0 Å². The SMILES string of the molecule is CCC(CC)(CNCc1ccc([Si](C)(C)C)cc1)SC. The maximum atomic E-state index is 3.64. The first-order valence-electron chi connectivity index (χ1n) is 7.72. The Morgan fingerprint density at radius 1 is 1.05 bits per heavy atom. The zero-order valence-corrected chi connectivity index (χ0v) is 15.9. The van der Waals surface area contributed by atoms with Crippen LogP contribution in [0.1, 0.15) is 32.3 Å². The van der Waals surface area contributed by atoms with Crippen LogP contribution in [0.15, 0.2) is 24.3 Å². The van der Waals surface area contributed by atoms with Crippen LogP contribution in [0.2, 0.25) is 19.6 Å². The number of nitrogens with one attached hydrogen (secondary N) is 1. The minimum absolute atomic E-state index is 0.401. The van der Waals surface area contributed by atoms with Crippen molar-refractivity contribution in [2.75, 3.05) is 12.8 Å². The first-order valence-corrected chi connectivity index (χ1v) is 12.4. The molecule has 1 N–H and O–H groups in total. The van der Waals surface area contributed by atoms with Gasteiger partial charge >= 0.3 is 0 Å². The molecular weight excluding hydrogens is 278 g/mol. The van der Waals surface area contributed by atoms with Gasteiger partial charge in [0.15, 0.2) is 0 Å². The molecule has 0 radical (unpaired) electrons. The van der Waals surface area contributed by atoms with Gasteiger partial charge in [0, 0.05) is 17.8 Å². The van der Waals surface area contributed by atoms with Gasteiger partial charge in [-0.1, -0.05) is 62.9 Å². The normalized spacial score (nSPS) is 12.7. The van der Waals surface area contributed by atoms with Crippen molar-refractivity contribution in [2.24, 2.45) is 0 Å². The number of thioether (sulfide) groups is 1. The fraction of sp³-hybridized carbons (Fsp3) is 0.647. The first kappa shape index (κ1) is 17.8. The molecule has 0 unspecified atom stereocenters. The number of hydrogen-bond acceptors (Lipinski definition) is 2. The van der Waals surface area contributed by atoms with E-state index in [1.807, 2.05) is 11.8 Å². The van der Waals surface area contributed by atoms with Crippen LogP contribution < -0.4 is 10.5 Å². The van der Waals surface area contributed by atoms with E-state index in [2.05, 4.69) is 69.3 Å². The summed E-state index contributed by atoms with van der Waals surface area (Å²) in [5.74, 6) is 0. The Bertz CT molecular complexity index is 382. The predicted molar refractivity (Wildman–Crippen MR) is 98.0 cm³/mol. The van der Waals surface area contributed by atoms with Crippen LogP contribution in [0.25, 0.3) is 0 Å². The molecule has 1 aromatic carbocycles. The van der Waals surface area contributed by atoms with Crippen molar-refractivity contribution >= 4 is 25.0 Å². The summed E-state index contributed by atoms with van der Waals surface area (Å²) in [6.45, 7) is 13.9. The fourth-order valence-electron chi connectivity index (χ4n) is 2.42. The molecule has 0 saturated carbocycles. The molecule has 1 aromatic rings. The van der Waals surface area contributed by atoms with Crippen molar-refractivity contribution in [3.63, 3.8) is 0 Å². The van der Waals surface area contributed by atoms with Crippen LogP contribution in [0, 0.1) is 0 Å². The van der Waals surface area contributed by atoms with Crippen LogP contribution >= 0.6 is 11.8 Å². The van der Waals surface area contributed by atoms with Gasteiger partial charge < -0.3 is 5.32 Å². The largest absolute Gasteiger partial charge is 0.311 e. The summed E-state index contributed by atoms with van der Waals surface area (Å²) in [5, 5.41) is 5.19. The minimum Gasteiger partial charge on any atom is -0.311 e. The Morgan fingerprint density at radius 3 is 2.00 bits per heavy atom. The third-order valence-corrected chi connectivity index (χ3v) is 7.97. The molecule has 0 aromatic heterocycles. The molecule has 1 rings (SSSR count). The van der Waals surface area contributed by atoms with Crippen LogP contribution in [0.5, 0.6) is 0 Å². The minimum atomic E-state index is -1.16. The summed E-state index contributed by atoms with van der Waals surface area (Å²) >= 11 is 2.00. The van der Waals surface area contributed by atoms with Crippen molar-refractivity contribution in [1.29, 1.82) is 0 Å². The maximum absolute atomic E-state index is 3.64. The highest BCUT2D eigenvalue weighted by Crippen LogP contribution is 2.29. The van der Waals surface area contributed by atoms with Gasteiger partial charge in [-0.2, -0.15) is 11.8 Å². The van der Waals surface area contributed by atoms with E-state index in [-0.39, 0.29) is 0 Å². The van der Waals surface area contributed by atoms with E-state index in [1.54, 1.807) is 5.19 Å². The standard InChI is InChI=1S/C17H31NSSi/c1-7-17(8-2,19-3)14-18-13-15-9-11-16(12-10-15)20(4,5)6/h9-12,18H,7-8,13-14H2,1-6H3. The van der Waals surface area contributed by atoms with Gasteiger partial charge in [0.2, 0.25) is 0 Å². The van der Waals surface area contributed by atoms with Crippen LogP contribution in [-0.4, -0.2) is 25.6 Å². The Labute approximate surface area is 130 Å². The van der Waals surface area contributed by atoms with Gasteiger partial charge in [-0.25, -0.2) is 0 Å². The van der Waals surface area contributed by atoms with E-state index in [4.69, 9.17) is 0 Å². The highest BCUT2D eigenvalue weighted by atomic mass is 32.2. The average molecular weight is 310 g/mol. The van der Waals surface area contributed by atoms with Crippen molar-refractivity contribution in [3.05, 3.63) is 29.8 Å². The molecule has 0 aliphatic rings. The smallest absolute Gasteiger partial charge is 0.0775 e. The fourth-order valence-corrected chi connectivity index (χ4v) is 4.41. The van der Waals surface area contributed by atoms with Gasteiger partial charge in [0.25, 0.3) is 0 Å². The molecule has 0 fully saturated rings. The number of rotatable bonds is 8. The lowest BCUT2D eigenvalue weighted by molar-refractivity contribution is 0.495. The van der Waals surface area contributed by atoms with E-state index in [0.717, 1.165) is 13.1 Å². The second-order valence-corrected chi connectivity index (χ2v) is 13.0. The molecule has 0 saturated heterocycles. The van der Waals surface area contributed by atoms with Crippen molar-refractivity contribution in [3.8, 4) is 0 Å². The van der Waals surface area contributed by atoms with Gasteiger partial charge in [-0.15, -0.1) is 0 Å². The van der Waals surface area contributed by atoms with Gasteiger partial charge in [0.05, 0.1) is 8.07 Å². The van der Waals surface area contributed by atoms with Gasteiger partial charge in [0.1, 0.15) is 0 Å². The summed E-state index contributed by atoms with van der Waals surface area (Å²) in [6.07, 6.45) is 4.69. The molecule has 0 atom stereocenters. The molecule has 0 aliphatic carbocycles. The summed E-state index contributed by atoms with van der Waals surface area (Å²) in [7, 11) is -1.16. The van der Waals surface area contributed by atoms with Crippen molar-refractivity contribution < 1.29 is 0 Å². The monoisotopic (exact) mass is 309 g/mol. The number of benzene rings is 1. The molecule has 20 heavy (non-hydrogen) atoms.